The third kappa shape index (κ3) is 5.20. The zero-order chi connectivity index (χ0) is 24.1. The molecule has 0 saturated carbocycles. The van der Waals surface area contributed by atoms with E-state index in [4.69, 9.17) is 9.47 Å². The highest BCUT2D eigenvalue weighted by molar-refractivity contribution is 6.46. The van der Waals surface area contributed by atoms with E-state index < -0.39 is 22.7 Å². The van der Waals surface area contributed by atoms with Gasteiger partial charge in [-0.3, -0.25) is 19.7 Å². The number of hydrogen-bond acceptors (Lipinski definition) is 7. The first kappa shape index (κ1) is 23.9. The van der Waals surface area contributed by atoms with Crippen LogP contribution in [0.15, 0.2) is 54.1 Å². The molecule has 0 aromatic heterocycles. The van der Waals surface area contributed by atoms with E-state index in [1.54, 1.807) is 30.3 Å². The van der Waals surface area contributed by atoms with E-state index in [0.29, 0.717) is 29.4 Å². The molecule has 1 fully saturated rings. The van der Waals surface area contributed by atoms with Gasteiger partial charge in [-0.2, -0.15) is 0 Å². The lowest BCUT2D eigenvalue weighted by Crippen LogP contribution is -2.32. The topological polar surface area (TPSA) is 119 Å². The van der Waals surface area contributed by atoms with E-state index >= 15 is 0 Å². The minimum atomic E-state index is -0.989. The maximum absolute atomic E-state index is 12.9. The molecule has 1 aliphatic rings. The molecule has 9 heteroatoms. The summed E-state index contributed by atoms with van der Waals surface area (Å²) in [5.41, 5.74) is 0.356. The Hall–Kier alpha value is -3.72. The van der Waals surface area contributed by atoms with Crippen LogP contribution in [-0.4, -0.2) is 53.5 Å². The number of aliphatic hydroxyl groups is 1. The number of methoxy groups -OCH3 is 1. The minimum Gasteiger partial charge on any atom is -0.507 e. The summed E-state index contributed by atoms with van der Waals surface area (Å²) in [7, 11) is 1.46. The lowest BCUT2D eigenvalue weighted by Gasteiger charge is -2.25. The Balaban J connectivity index is 2.07. The van der Waals surface area contributed by atoms with Crippen LogP contribution in [0, 0.1) is 16.0 Å². The number of ketones is 1. The molecule has 2 aromatic rings. The maximum Gasteiger partial charge on any atom is 0.295 e. The number of benzene rings is 2. The van der Waals surface area contributed by atoms with Crippen LogP contribution in [0.4, 0.5) is 5.69 Å². The van der Waals surface area contributed by atoms with E-state index in [-0.39, 0.29) is 30.2 Å². The molecule has 1 amide bonds. The predicted octanol–water partition coefficient (Wildman–Crippen LogP) is 3.70. The van der Waals surface area contributed by atoms with Crippen molar-refractivity contribution >= 4 is 23.1 Å². The number of ether oxygens (including phenoxy) is 2. The Morgan fingerprint density at radius 1 is 1.18 bits per heavy atom. The summed E-state index contributed by atoms with van der Waals surface area (Å²) in [6.07, 6.45) is 0. The van der Waals surface area contributed by atoms with E-state index in [1.165, 1.54) is 30.2 Å². The fourth-order valence-electron chi connectivity index (χ4n) is 3.58. The lowest BCUT2D eigenvalue weighted by molar-refractivity contribution is -0.384. The van der Waals surface area contributed by atoms with Gasteiger partial charge in [0.2, 0.25) is 0 Å². The number of aliphatic hydroxyl groups excluding tert-OH is 1. The molecule has 1 saturated heterocycles. The van der Waals surface area contributed by atoms with Crippen molar-refractivity contribution in [3.8, 4) is 5.75 Å². The highest BCUT2D eigenvalue weighted by Gasteiger charge is 2.46. The summed E-state index contributed by atoms with van der Waals surface area (Å²) in [5.74, 6) is -1.07. The van der Waals surface area contributed by atoms with Gasteiger partial charge in [-0.25, -0.2) is 0 Å². The molecule has 3 rings (SSSR count). The molecule has 174 valence electrons. The summed E-state index contributed by atoms with van der Waals surface area (Å²) < 4.78 is 10.7. The molecule has 33 heavy (non-hydrogen) atoms. The number of amides is 1. The van der Waals surface area contributed by atoms with Crippen LogP contribution >= 0.6 is 0 Å². The molecule has 1 atom stereocenters. The van der Waals surface area contributed by atoms with Gasteiger partial charge in [0.25, 0.3) is 17.4 Å². The molecule has 1 aliphatic heterocycles. The molecule has 0 bridgehead atoms. The number of nitro groups is 1. The van der Waals surface area contributed by atoms with Crippen molar-refractivity contribution in [3.05, 3.63) is 75.3 Å². The highest BCUT2D eigenvalue weighted by Crippen LogP contribution is 2.40. The van der Waals surface area contributed by atoms with Crippen molar-refractivity contribution < 1.29 is 29.1 Å². The fourth-order valence-corrected chi connectivity index (χ4v) is 3.58. The first-order valence-corrected chi connectivity index (χ1v) is 10.5. The van der Waals surface area contributed by atoms with Gasteiger partial charge < -0.3 is 19.5 Å². The second kappa shape index (κ2) is 10.3. The van der Waals surface area contributed by atoms with E-state index in [1.807, 2.05) is 13.8 Å². The van der Waals surface area contributed by atoms with E-state index in [0.717, 1.165) is 0 Å². The molecule has 1 N–H and O–H groups in total. The zero-order valence-electron chi connectivity index (χ0n) is 18.7. The van der Waals surface area contributed by atoms with Gasteiger partial charge in [-0.05, 0) is 35.7 Å². The number of nitro benzene ring substituents is 1. The first-order valence-electron chi connectivity index (χ1n) is 10.5. The summed E-state index contributed by atoms with van der Waals surface area (Å²) in [6, 6.07) is 11.2. The van der Waals surface area contributed by atoms with Crippen LogP contribution in [0.25, 0.3) is 5.76 Å². The van der Waals surface area contributed by atoms with Gasteiger partial charge >= 0.3 is 0 Å². The second-order valence-electron chi connectivity index (χ2n) is 8.07. The van der Waals surface area contributed by atoms with Gasteiger partial charge in [0.15, 0.2) is 0 Å². The van der Waals surface area contributed by atoms with Crippen LogP contribution in [0.1, 0.15) is 31.0 Å². The largest absolute Gasteiger partial charge is 0.507 e. The SMILES string of the molecule is COCCN1C(=O)C(=O)/C(=C(/O)c2ccc(OCC(C)C)cc2)C1c1cccc([N+](=O)[O-])c1. The third-order valence-corrected chi connectivity index (χ3v) is 5.18. The Kier molecular flexibility index (Phi) is 7.44. The maximum atomic E-state index is 12.9. The van der Waals surface area contributed by atoms with Crippen LogP contribution in [0.3, 0.4) is 0 Å². The number of nitrogens with zero attached hydrogens (tertiary/aromatic N) is 2. The van der Waals surface area contributed by atoms with Crippen LogP contribution in [-0.2, 0) is 14.3 Å². The lowest BCUT2D eigenvalue weighted by atomic mass is 9.95. The van der Waals surface area contributed by atoms with E-state index in [9.17, 15) is 24.8 Å². The Morgan fingerprint density at radius 3 is 2.48 bits per heavy atom. The van der Waals surface area contributed by atoms with Crippen molar-refractivity contribution in [3.63, 3.8) is 0 Å². The van der Waals surface area contributed by atoms with Crippen molar-refractivity contribution in [2.75, 3.05) is 26.9 Å². The van der Waals surface area contributed by atoms with Crippen LogP contribution in [0.5, 0.6) is 5.75 Å². The highest BCUT2D eigenvalue weighted by atomic mass is 16.6. The molecule has 1 heterocycles. The second-order valence-corrected chi connectivity index (χ2v) is 8.07. The number of hydrogen-bond donors (Lipinski definition) is 1. The zero-order valence-corrected chi connectivity index (χ0v) is 18.7. The number of carbonyl (C=O) groups excluding carboxylic acids is 2. The van der Waals surface area contributed by atoms with Crippen molar-refractivity contribution in [1.82, 2.24) is 4.90 Å². The first-order chi connectivity index (χ1) is 15.7. The molecule has 0 aliphatic carbocycles. The summed E-state index contributed by atoms with van der Waals surface area (Å²) >= 11 is 0. The molecule has 2 aromatic carbocycles. The third-order valence-electron chi connectivity index (χ3n) is 5.18. The average Bonchev–Trinajstić information content (AvgIpc) is 3.06. The standard InChI is InChI=1S/C24H26N2O7/c1-15(2)14-33-19-9-7-16(8-10-19)22(27)20-21(17-5-4-6-18(13-17)26(30)31)25(11-12-32-3)24(29)23(20)28/h4-10,13,15,21,27H,11-12,14H2,1-3H3/b22-20+. The molecule has 0 spiro atoms. The fraction of sp³-hybridized carbons (Fsp3) is 0.333. The Bertz CT molecular complexity index is 1080. The van der Waals surface area contributed by atoms with Crippen molar-refractivity contribution in [2.45, 2.75) is 19.9 Å². The van der Waals surface area contributed by atoms with E-state index in [2.05, 4.69) is 0 Å². The average molecular weight is 454 g/mol. The number of Topliss-reactive ketones (excluding diaryl/α,β-unsaturated/α-hetero) is 1. The van der Waals surface area contributed by atoms with Crippen molar-refractivity contribution in [1.29, 1.82) is 0 Å². The minimum absolute atomic E-state index is 0.0766. The number of likely N-dealkylation sites (tertiary alicyclic amines) is 1. The smallest absolute Gasteiger partial charge is 0.295 e. The Morgan fingerprint density at radius 2 is 1.88 bits per heavy atom. The number of rotatable bonds is 9. The normalized spacial score (nSPS) is 17.6. The quantitative estimate of drug-likeness (QED) is 0.202. The molecule has 0 radical (unpaired) electrons. The molecular weight excluding hydrogens is 428 g/mol. The van der Waals surface area contributed by atoms with Crippen LogP contribution < -0.4 is 4.74 Å². The molecule has 9 nitrogen and oxygen atoms in total. The molecular formula is C24H26N2O7. The summed E-state index contributed by atoms with van der Waals surface area (Å²) in [6.45, 7) is 4.81. The van der Waals surface area contributed by atoms with Gasteiger partial charge in [-0.15, -0.1) is 0 Å². The number of carbonyl (C=O) groups is 2. The van der Waals surface area contributed by atoms with Crippen molar-refractivity contribution in [2.24, 2.45) is 5.92 Å². The summed E-state index contributed by atoms with van der Waals surface area (Å²) in [4.78, 5) is 37.7. The van der Waals surface area contributed by atoms with Crippen LogP contribution in [0.2, 0.25) is 0 Å². The van der Waals surface area contributed by atoms with Gasteiger partial charge in [-0.1, -0.05) is 26.0 Å². The van der Waals surface area contributed by atoms with Gasteiger partial charge in [0, 0.05) is 31.4 Å². The van der Waals surface area contributed by atoms with Gasteiger partial charge in [0.05, 0.1) is 29.8 Å². The molecule has 1 unspecified atom stereocenters. The Labute approximate surface area is 191 Å². The van der Waals surface area contributed by atoms with Gasteiger partial charge in [0.1, 0.15) is 11.5 Å². The predicted molar refractivity (Wildman–Crippen MR) is 121 cm³/mol. The summed E-state index contributed by atoms with van der Waals surface area (Å²) in [5, 5.41) is 22.3. The number of non-ortho nitro benzene ring substituents is 1. The monoisotopic (exact) mass is 454 g/mol.